The molecule has 0 aromatic heterocycles. The van der Waals surface area contributed by atoms with Crippen molar-refractivity contribution in [1.29, 1.82) is 0 Å². The van der Waals surface area contributed by atoms with Crippen LogP contribution in [0.4, 0.5) is 0 Å². The molecule has 0 amide bonds. The third kappa shape index (κ3) is 3.78. The standard InChI is InChI=1S/C38H32P/c1-2-13-36(34-26-24-30-23-22-28-14-12-15-29-25-27-35(34)38(30)37(28)29)39(31-16-6-3-7-17-31,32-18-8-4-9-19-32)33-20-10-5-11-21-33/h3-12,14-27,36H,2,13H2,1H3/q+1. The highest BCUT2D eigenvalue weighted by Crippen LogP contribution is 2.69. The normalized spacial score (nSPS) is 12.8. The average Bonchev–Trinajstić information content (AvgIpc) is 3.01. The summed E-state index contributed by atoms with van der Waals surface area (Å²) in [4.78, 5) is 0. The zero-order valence-corrected chi connectivity index (χ0v) is 23.2. The van der Waals surface area contributed by atoms with Crippen molar-refractivity contribution in [2.45, 2.75) is 25.4 Å². The average molecular weight is 520 g/mol. The van der Waals surface area contributed by atoms with Gasteiger partial charge < -0.3 is 0 Å². The van der Waals surface area contributed by atoms with Crippen LogP contribution >= 0.6 is 7.26 Å². The molecule has 7 aromatic carbocycles. The maximum atomic E-state index is 2.45. The van der Waals surface area contributed by atoms with Gasteiger partial charge in [0.25, 0.3) is 0 Å². The highest BCUT2D eigenvalue weighted by molar-refractivity contribution is 7.96. The van der Waals surface area contributed by atoms with Crippen molar-refractivity contribution < 1.29 is 0 Å². The molecule has 1 heteroatoms. The van der Waals surface area contributed by atoms with E-state index in [0.29, 0.717) is 5.66 Å². The summed E-state index contributed by atoms with van der Waals surface area (Å²) in [5, 5.41) is 12.5. The van der Waals surface area contributed by atoms with Crippen molar-refractivity contribution in [2.75, 3.05) is 0 Å². The SMILES string of the molecule is CCCC(c1ccc2ccc3cccc4ccc1c2c34)[P+](c1ccccc1)(c1ccccc1)c1ccccc1. The van der Waals surface area contributed by atoms with Crippen LogP contribution in [0.15, 0.2) is 146 Å². The molecule has 0 aliphatic carbocycles. The lowest BCUT2D eigenvalue weighted by molar-refractivity contribution is 0.774. The van der Waals surface area contributed by atoms with Crippen LogP contribution < -0.4 is 15.9 Å². The van der Waals surface area contributed by atoms with Gasteiger partial charge in [0.15, 0.2) is 0 Å². The predicted octanol–water partition coefficient (Wildman–Crippen LogP) is 9.42. The smallest absolute Gasteiger partial charge is 0.0652 e. The zero-order chi connectivity index (χ0) is 26.2. The van der Waals surface area contributed by atoms with E-state index >= 15 is 0 Å². The fourth-order valence-electron chi connectivity index (χ4n) is 6.86. The van der Waals surface area contributed by atoms with Crippen LogP contribution in [-0.2, 0) is 0 Å². The maximum absolute atomic E-state index is 2.45. The Morgan fingerprint density at radius 1 is 0.462 bits per heavy atom. The van der Waals surface area contributed by atoms with Crippen LogP contribution in [0.5, 0.6) is 0 Å². The Hall–Kier alpha value is -3.99. The molecule has 0 heterocycles. The fourth-order valence-corrected chi connectivity index (χ4v) is 12.0. The molecular weight excluding hydrogens is 487 g/mol. The summed E-state index contributed by atoms with van der Waals surface area (Å²) in [5.74, 6) is 0. The number of rotatable bonds is 7. The van der Waals surface area contributed by atoms with Crippen molar-refractivity contribution in [3.63, 3.8) is 0 Å². The minimum atomic E-state index is -2.09. The van der Waals surface area contributed by atoms with Crippen LogP contribution in [-0.4, -0.2) is 0 Å². The van der Waals surface area contributed by atoms with E-state index in [9.17, 15) is 0 Å². The second-order valence-electron chi connectivity index (χ2n) is 10.5. The van der Waals surface area contributed by atoms with Crippen LogP contribution in [0.2, 0.25) is 0 Å². The van der Waals surface area contributed by atoms with Crippen molar-refractivity contribution in [3.8, 4) is 0 Å². The van der Waals surface area contributed by atoms with Gasteiger partial charge in [0, 0.05) is 5.56 Å². The largest absolute Gasteiger partial charge is 0.119 e. The zero-order valence-electron chi connectivity index (χ0n) is 22.3. The quantitative estimate of drug-likeness (QED) is 0.145. The van der Waals surface area contributed by atoms with E-state index < -0.39 is 7.26 Å². The number of benzene rings is 7. The van der Waals surface area contributed by atoms with Crippen molar-refractivity contribution in [1.82, 2.24) is 0 Å². The summed E-state index contributed by atoms with van der Waals surface area (Å²) in [6.07, 6.45) is 2.25. The predicted molar refractivity (Wildman–Crippen MR) is 173 cm³/mol. The molecule has 0 spiro atoms. The fraction of sp³-hybridized carbons (Fsp3) is 0.105. The maximum Gasteiger partial charge on any atom is 0.119 e. The molecule has 39 heavy (non-hydrogen) atoms. The van der Waals surface area contributed by atoms with E-state index in [1.807, 2.05) is 0 Å². The molecule has 0 N–H and O–H groups in total. The second kappa shape index (κ2) is 9.96. The Bertz CT molecular complexity index is 1740. The molecule has 0 nitrogen and oxygen atoms in total. The molecular formula is C38H32P+. The van der Waals surface area contributed by atoms with Gasteiger partial charge in [-0.3, -0.25) is 0 Å². The van der Waals surface area contributed by atoms with Gasteiger partial charge in [0.05, 0.1) is 0 Å². The lowest BCUT2D eigenvalue weighted by atomic mass is 9.90. The van der Waals surface area contributed by atoms with Gasteiger partial charge in [-0.25, -0.2) is 0 Å². The first-order valence-corrected chi connectivity index (χ1v) is 15.9. The summed E-state index contributed by atoms with van der Waals surface area (Å²) in [6, 6.07) is 54.9. The van der Waals surface area contributed by atoms with Crippen molar-refractivity contribution in [3.05, 3.63) is 151 Å². The monoisotopic (exact) mass is 519 g/mol. The molecule has 0 aliphatic rings. The van der Waals surface area contributed by atoms with Gasteiger partial charge in [-0.05, 0) is 75.1 Å². The first-order chi connectivity index (χ1) is 19.3. The second-order valence-corrected chi connectivity index (χ2v) is 14.2. The minimum absolute atomic E-state index is 0.347. The molecule has 0 bridgehead atoms. The lowest BCUT2D eigenvalue weighted by Gasteiger charge is -2.36. The van der Waals surface area contributed by atoms with E-state index in [-0.39, 0.29) is 0 Å². The van der Waals surface area contributed by atoms with Gasteiger partial charge in [-0.15, -0.1) is 0 Å². The Labute approximate surface area is 231 Å². The third-order valence-corrected chi connectivity index (χ3v) is 13.3. The van der Waals surface area contributed by atoms with Crippen LogP contribution in [0.25, 0.3) is 32.3 Å². The summed E-state index contributed by atoms with van der Waals surface area (Å²) in [6.45, 7) is 2.35. The van der Waals surface area contributed by atoms with Gasteiger partial charge in [0.2, 0.25) is 0 Å². The first kappa shape index (κ1) is 24.1. The summed E-state index contributed by atoms with van der Waals surface area (Å²) >= 11 is 0. The molecule has 0 radical (unpaired) electrons. The number of hydrogen-bond acceptors (Lipinski definition) is 0. The van der Waals surface area contributed by atoms with E-state index in [1.165, 1.54) is 53.8 Å². The van der Waals surface area contributed by atoms with Gasteiger partial charge >= 0.3 is 0 Å². The van der Waals surface area contributed by atoms with Gasteiger partial charge in [-0.2, -0.15) is 0 Å². The van der Waals surface area contributed by atoms with Gasteiger partial charge in [-0.1, -0.05) is 123 Å². The van der Waals surface area contributed by atoms with Crippen molar-refractivity contribution >= 4 is 55.5 Å². The molecule has 1 unspecified atom stereocenters. The lowest BCUT2D eigenvalue weighted by Crippen LogP contribution is -2.35. The van der Waals surface area contributed by atoms with E-state index in [0.717, 1.165) is 12.8 Å². The Balaban J connectivity index is 1.62. The summed E-state index contributed by atoms with van der Waals surface area (Å²) in [5.41, 5.74) is 1.83. The van der Waals surface area contributed by atoms with E-state index in [2.05, 4.69) is 153 Å². The molecule has 0 aliphatic heterocycles. The number of hydrogen-bond donors (Lipinski definition) is 0. The Kier molecular flexibility index (Phi) is 6.15. The van der Waals surface area contributed by atoms with Crippen molar-refractivity contribution in [2.24, 2.45) is 0 Å². The van der Waals surface area contributed by atoms with Crippen LogP contribution in [0.3, 0.4) is 0 Å². The molecule has 0 saturated carbocycles. The first-order valence-electron chi connectivity index (χ1n) is 14.0. The third-order valence-electron chi connectivity index (χ3n) is 8.44. The van der Waals surface area contributed by atoms with E-state index in [4.69, 9.17) is 0 Å². The topological polar surface area (TPSA) is 0 Å². The Morgan fingerprint density at radius 3 is 1.44 bits per heavy atom. The molecule has 7 rings (SSSR count). The van der Waals surface area contributed by atoms with Gasteiger partial charge in [0.1, 0.15) is 28.8 Å². The highest BCUT2D eigenvalue weighted by atomic mass is 31.2. The van der Waals surface area contributed by atoms with Crippen LogP contribution in [0, 0.1) is 0 Å². The molecule has 0 saturated heterocycles. The summed E-state index contributed by atoms with van der Waals surface area (Å²) in [7, 11) is -2.09. The Morgan fingerprint density at radius 2 is 0.923 bits per heavy atom. The molecule has 7 aromatic rings. The molecule has 1 atom stereocenters. The summed E-state index contributed by atoms with van der Waals surface area (Å²) < 4.78 is 0. The molecule has 0 fully saturated rings. The minimum Gasteiger partial charge on any atom is -0.0652 e. The highest BCUT2D eigenvalue weighted by Gasteiger charge is 2.52. The molecule has 188 valence electrons. The van der Waals surface area contributed by atoms with Crippen LogP contribution in [0.1, 0.15) is 31.0 Å². The van der Waals surface area contributed by atoms with E-state index in [1.54, 1.807) is 0 Å².